The van der Waals surface area contributed by atoms with Crippen LogP contribution >= 0.6 is 0 Å². The molecule has 0 aliphatic carbocycles. The number of hydrogen-bond acceptors (Lipinski definition) is 2. The van der Waals surface area contributed by atoms with E-state index in [0.29, 0.717) is 0 Å². The number of anilines is 1. The summed E-state index contributed by atoms with van der Waals surface area (Å²) in [6, 6.07) is 6.18. The van der Waals surface area contributed by atoms with E-state index in [4.69, 9.17) is 5.73 Å². The van der Waals surface area contributed by atoms with Gasteiger partial charge in [-0.1, -0.05) is 12.1 Å². The van der Waals surface area contributed by atoms with Gasteiger partial charge >= 0.3 is 0 Å². The van der Waals surface area contributed by atoms with Crippen LogP contribution in [0.1, 0.15) is 16.8 Å². The summed E-state index contributed by atoms with van der Waals surface area (Å²) in [6.07, 6.45) is 1.86. The molecule has 78 valence electrons. The molecule has 2 aromatic rings. The third kappa shape index (κ3) is 1.61. The highest BCUT2D eigenvalue weighted by molar-refractivity contribution is 5.48. The lowest BCUT2D eigenvalue weighted by Crippen LogP contribution is -1.99. The molecule has 0 bridgehead atoms. The van der Waals surface area contributed by atoms with Crippen molar-refractivity contribution in [2.45, 2.75) is 20.8 Å². The molecule has 3 nitrogen and oxygen atoms in total. The van der Waals surface area contributed by atoms with Gasteiger partial charge in [-0.3, -0.25) is 0 Å². The molecule has 0 aliphatic rings. The van der Waals surface area contributed by atoms with E-state index in [1.54, 1.807) is 0 Å². The molecule has 0 saturated carbocycles. The molecule has 0 radical (unpaired) electrons. The molecule has 0 saturated heterocycles. The molecular weight excluding hydrogens is 186 g/mol. The summed E-state index contributed by atoms with van der Waals surface area (Å²) >= 11 is 0. The number of benzene rings is 1. The number of nitrogen functional groups attached to an aromatic ring is 1. The smallest absolute Gasteiger partial charge is 0.0827 e. The summed E-state index contributed by atoms with van der Waals surface area (Å²) in [6.45, 7) is 6.10. The maximum absolute atomic E-state index is 5.78. The lowest BCUT2D eigenvalue weighted by molar-refractivity contribution is 0.854. The lowest BCUT2D eigenvalue weighted by Gasteiger charge is -2.07. The minimum absolute atomic E-state index is 0.732. The van der Waals surface area contributed by atoms with Crippen LogP contribution in [0.3, 0.4) is 0 Å². The van der Waals surface area contributed by atoms with Gasteiger partial charge in [-0.15, -0.1) is 0 Å². The number of aromatic nitrogens is 2. The molecule has 1 aromatic heterocycles. The van der Waals surface area contributed by atoms with E-state index < -0.39 is 0 Å². The molecule has 0 amide bonds. The number of aryl methyl sites for hydroxylation is 2. The van der Waals surface area contributed by atoms with E-state index in [1.807, 2.05) is 29.9 Å². The Bertz CT molecular complexity index is 478. The molecule has 0 aliphatic heterocycles. The minimum atomic E-state index is 0.732. The van der Waals surface area contributed by atoms with Gasteiger partial charge in [0.2, 0.25) is 0 Å². The van der Waals surface area contributed by atoms with Gasteiger partial charge < -0.3 is 5.73 Å². The number of hydrogen-bond donors (Lipinski definition) is 1. The molecule has 1 heterocycles. The van der Waals surface area contributed by atoms with Crippen molar-refractivity contribution in [3.05, 3.63) is 41.2 Å². The van der Waals surface area contributed by atoms with E-state index >= 15 is 0 Å². The summed E-state index contributed by atoms with van der Waals surface area (Å²) in [5.41, 5.74) is 11.0. The topological polar surface area (TPSA) is 43.8 Å². The van der Waals surface area contributed by atoms with Gasteiger partial charge in [0.05, 0.1) is 23.3 Å². The Morgan fingerprint density at radius 2 is 1.93 bits per heavy atom. The van der Waals surface area contributed by atoms with E-state index in [9.17, 15) is 0 Å². The van der Waals surface area contributed by atoms with Gasteiger partial charge in [-0.05, 0) is 38.0 Å². The standard InChI is InChI=1S/C12H15N3/c1-8-5-4-6-12(9(8)2)15-7-11(13)10(3)14-15/h4-7H,13H2,1-3H3. The van der Waals surface area contributed by atoms with Gasteiger partial charge in [-0.25, -0.2) is 4.68 Å². The Balaban J connectivity index is 2.59. The second kappa shape index (κ2) is 3.42. The van der Waals surface area contributed by atoms with Gasteiger partial charge in [0.1, 0.15) is 0 Å². The van der Waals surface area contributed by atoms with E-state index in [2.05, 4.69) is 25.0 Å². The molecule has 0 atom stereocenters. The molecule has 2 rings (SSSR count). The molecule has 0 spiro atoms. The van der Waals surface area contributed by atoms with E-state index in [-0.39, 0.29) is 0 Å². The van der Waals surface area contributed by atoms with Crippen molar-refractivity contribution in [2.75, 3.05) is 5.73 Å². The fourth-order valence-corrected chi connectivity index (χ4v) is 1.58. The number of nitrogens with zero attached hydrogens (tertiary/aromatic N) is 2. The lowest BCUT2D eigenvalue weighted by atomic mass is 10.1. The molecule has 1 aromatic carbocycles. The fourth-order valence-electron chi connectivity index (χ4n) is 1.58. The molecule has 0 fully saturated rings. The summed E-state index contributed by atoms with van der Waals surface area (Å²) in [7, 11) is 0. The highest BCUT2D eigenvalue weighted by Gasteiger charge is 2.06. The Hall–Kier alpha value is -1.77. The number of rotatable bonds is 1. The maximum atomic E-state index is 5.78. The zero-order chi connectivity index (χ0) is 11.0. The van der Waals surface area contributed by atoms with Crippen molar-refractivity contribution < 1.29 is 0 Å². The third-order valence-electron chi connectivity index (χ3n) is 2.76. The summed E-state index contributed by atoms with van der Waals surface area (Å²) < 4.78 is 1.84. The largest absolute Gasteiger partial charge is 0.396 e. The van der Waals surface area contributed by atoms with Crippen molar-refractivity contribution in [1.29, 1.82) is 0 Å². The van der Waals surface area contributed by atoms with Crippen LogP contribution in [0.4, 0.5) is 5.69 Å². The van der Waals surface area contributed by atoms with Crippen LogP contribution in [0.2, 0.25) is 0 Å². The van der Waals surface area contributed by atoms with Crippen molar-refractivity contribution in [3.8, 4) is 5.69 Å². The average molecular weight is 201 g/mol. The second-order valence-electron chi connectivity index (χ2n) is 3.83. The van der Waals surface area contributed by atoms with Crippen molar-refractivity contribution in [1.82, 2.24) is 9.78 Å². The van der Waals surface area contributed by atoms with Crippen molar-refractivity contribution >= 4 is 5.69 Å². The minimum Gasteiger partial charge on any atom is -0.396 e. The first-order chi connectivity index (χ1) is 7.09. The Morgan fingerprint density at radius 1 is 1.20 bits per heavy atom. The summed E-state index contributed by atoms with van der Waals surface area (Å²) in [4.78, 5) is 0. The molecule has 3 heteroatoms. The van der Waals surface area contributed by atoms with Gasteiger partial charge in [0.25, 0.3) is 0 Å². The van der Waals surface area contributed by atoms with Crippen LogP contribution in [0.25, 0.3) is 5.69 Å². The first kappa shape index (κ1) is 9.77. The Kier molecular flexibility index (Phi) is 2.23. The number of nitrogens with two attached hydrogens (primary N) is 1. The van der Waals surface area contributed by atoms with Crippen molar-refractivity contribution in [2.24, 2.45) is 0 Å². The van der Waals surface area contributed by atoms with Crippen LogP contribution in [-0.2, 0) is 0 Å². The predicted molar refractivity (Wildman–Crippen MR) is 62.2 cm³/mol. The third-order valence-corrected chi connectivity index (χ3v) is 2.76. The normalized spacial score (nSPS) is 10.6. The zero-order valence-corrected chi connectivity index (χ0v) is 9.28. The summed E-state index contributed by atoms with van der Waals surface area (Å²) in [5, 5.41) is 4.37. The van der Waals surface area contributed by atoms with Gasteiger partial charge in [-0.2, -0.15) is 5.10 Å². The van der Waals surface area contributed by atoms with Gasteiger partial charge in [0, 0.05) is 0 Å². The monoisotopic (exact) mass is 201 g/mol. The average Bonchev–Trinajstić information content (AvgIpc) is 2.51. The zero-order valence-electron chi connectivity index (χ0n) is 9.28. The highest BCUT2D eigenvalue weighted by Crippen LogP contribution is 2.19. The van der Waals surface area contributed by atoms with Crippen LogP contribution < -0.4 is 5.73 Å². The quantitative estimate of drug-likeness (QED) is 0.769. The van der Waals surface area contributed by atoms with Crippen LogP contribution in [0.15, 0.2) is 24.4 Å². The fraction of sp³-hybridized carbons (Fsp3) is 0.250. The Morgan fingerprint density at radius 3 is 2.53 bits per heavy atom. The molecule has 15 heavy (non-hydrogen) atoms. The van der Waals surface area contributed by atoms with Crippen LogP contribution in [0.5, 0.6) is 0 Å². The first-order valence-corrected chi connectivity index (χ1v) is 4.98. The van der Waals surface area contributed by atoms with E-state index in [1.165, 1.54) is 11.1 Å². The molecule has 0 unspecified atom stereocenters. The Labute approximate surface area is 89.5 Å². The predicted octanol–water partition coefficient (Wildman–Crippen LogP) is 2.38. The van der Waals surface area contributed by atoms with E-state index in [0.717, 1.165) is 17.1 Å². The maximum Gasteiger partial charge on any atom is 0.0827 e. The highest BCUT2D eigenvalue weighted by atomic mass is 15.3. The summed E-state index contributed by atoms with van der Waals surface area (Å²) in [5.74, 6) is 0. The second-order valence-corrected chi connectivity index (χ2v) is 3.83. The van der Waals surface area contributed by atoms with Crippen LogP contribution in [0, 0.1) is 20.8 Å². The van der Waals surface area contributed by atoms with Crippen molar-refractivity contribution in [3.63, 3.8) is 0 Å². The molecular formula is C12H15N3. The first-order valence-electron chi connectivity index (χ1n) is 4.98. The SMILES string of the molecule is Cc1cccc(-n2cc(N)c(C)n2)c1C. The molecule has 2 N–H and O–H groups in total. The van der Waals surface area contributed by atoms with Crippen LogP contribution in [-0.4, -0.2) is 9.78 Å². The van der Waals surface area contributed by atoms with Gasteiger partial charge in [0.15, 0.2) is 0 Å².